The predicted molar refractivity (Wildman–Crippen MR) is 49.2 cm³/mol. The Morgan fingerprint density at radius 1 is 1.62 bits per heavy atom. The molecule has 4 N–H and O–H groups in total. The zero-order valence-electron chi connectivity index (χ0n) is 7.49. The Hall–Kier alpha value is -0.910. The molecule has 76 valence electrons. The van der Waals surface area contributed by atoms with Crippen molar-refractivity contribution in [3.05, 3.63) is 12.7 Å². The van der Waals surface area contributed by atoms with Crippen molar-refractivity contribution < 1.29 is 15.0 Å². The molecule has 0 saturated carbocycles. The van der Waals surface area contributed by atoms with Gasteiger partial charge in [0.15, 0.2) is 0 Å². The molecule has 0 rings (SSSR count). The maximum atomic E-state index is 10.9. The molecular formula is C8H16N2O3. The molecule has 1 atom stereocenters. The summed E-state index contributed by atoms with van der Waals surface area (Å²) in [5.74, 6) is -0.214. The summed E-state index contributed by atoms with van der Waals surface area (Å²) >= 11 is 0. The summed E-state index contributed by atoms with van der Waals surface area (Å²) in [7, 11) is 0. The van der Waals surface area contributed by atoms with Crippen LogP contribution in [0.25, 0.3) is 0 Å². The molecule has 0 aromatic heterocycles. The first kappa shape index (κ1) is 12.1. The van der Waals surface area contributed by atoms with Gasteiger partial charge in [0.2, 0.25) is 5.91 Å². The first-order chi connectivity index (χ1) is 6.20. The third kappa shape index (κ3) is 7.45. The SMILES string of the molecule is C=CCNCC(=O)NCC(O)CO. The summed E-state index contributed by atoms with van der Waals surface area (Å²) in [6.45, 7) is 3.96. The average Bonchev–Trinajstić information content (AvgIpc) is 2.14. The highest BCUT2D eigenvalue weighted by atomic mass is 16.3. The Balaban J connectivity index is 3.34. The predicted octanol–water partition coefficient (Wildman–Crippen LogP) is -1.77. The summed E-state index contributed by atoms with van der Waals surface area (Å²) in [6.07, 6.45) is 0.763. The van der Waals surface area contributed by atoms with E-state index < -0.39 is 6.10 Å². The van der Waals surface area contributed by atoms with Gasteiger partial charge in [0.05, 0.1) is 19.3 Å². The standard InChI is InChI=1S/C8H16N2O3/c1-2-3-9-5-8(13)10-4-7(12)6-11/h2,7,9,11-12H,1,3-6H2,(H,10,13). The van der Waals surface area contributed by atoms with Gasteiger partial charge in [-0.05, 0) is 0 Å². The van der Waals surface area contributed by atoms with Crippen molar-refractivity contribution in [2.45, 2.75) is 6.10 Å². The number of aliphatic hydroxyl groups excluding tert-OH is 2. The van der Waals surface area contributed by atoms with E-state index in [1.165, 1.54) is 0 Å². The molecule has 0 aliphatic rings. The summed E-state index contributed by atoms with van der Waals surface area (Å²) < 4.78 is 0. The molecule has 0 aromatic carbocycles. The second-order valence-corrected chi connectivity index (χ2v) is 2.56. The molecule has 1 amide bonds. The molecule has 0 aliphatic carbocycles. The van der Waals surface area contributed by atoms with Gasteiger partial charge < -0.3 is 20.8 Å². The second kappa shape index (κ2) is 7.72. The van der Waals surface area contributed by atoms with Gasteiger partial charge in [0, 0.05) is 13.1 Å². The van der Waals surface area contributed by atoms with Gasteiger partial charge >= 0.3 is 0 Å². The summed E-state index contributed by atoms with van der Waals surface area (Å²) in [5, 5.41) is 22.6. The first-order valence-corrected chi connectivity index (χ1v) is 4.08. The fourth-order valence-corrected chi connectivity index (χ4v) is 0.646. The molecule has 5 heteroatoms. The van der Waals surface area contributed by atoms with Gasteiger partial charge in [-0.2, -0.15) is 0 Å². The van der Waals surface area contributed by atoms with Crippen LogP contribution in [0.3, 0.4) is 0 Å². The second-order valence-electron chi connectivity index (χ2n) is 2.56. The van der Waals surface area contributed by atoms with E-state index in [1.807, 2.05) is 0 Å². The number of aliphatic hydroxyl groups is 2. The Morgan fingerprint density at radius 3 is 2.85 bits per heavy atom. The van der Waals surface area contributed by atoms with Crippen molar-refractivity contribution in [3.8, 4) is 0 Å². The number of carbonyl (C=O) groups is 1. The lowest BCUT2D eigenvalue weighted by Crippen LogP contribution is -2.39. The van der Waals surface area contributed by atoms with Gasteiger partial charge in [-0.3, -0.25) is 4.79 Å². The van der Waals surface area contributed by atoms with E-state index in [2.05, 4.69) is 17.2 Å². The number of amides is 1. The normalized spacial score (nSPS) is 12.2. The van der Waals surface area contributed by atoms with Gasteiger partial charge in [-0.1, -0.05) is 6.08 Å². The number of hydrogen-bond acceptors (Lipinski definition) is 4. The zero-order valence-corrected chi connectivity index (χ0v) is 7.49. The smallest absolute Gasteiger partial charge is 0.234 e. The van der Waals surface area contributed by atoms with Crippen LogP contribution in [0.5, 0.6) is 0 Å². The number of rotatable bonds is 7. The van der Waals surface area contributed by atoms with E-state index in [0.29, 0.717) is 6.54 Å². The highest BCUT2D eigenvalue weighted by Gasteiger charge is 2.04. The summed E-state index contributed by atoms with van der Waals surface area (Å²) in [4.78, 5) is 10.9. The Kier molecular flexibility index (Phi) is 7.18. The van der Waals surface area contributed by atoms with Crippen molar-refractivity contribution in [3.63, 3.8) is 0 Å². The number of carbonyl (C=O) groups excluding carboxylic acids is 1. The van der Waals surface area contributed by atoms with Crippen LogP contribution in [0, 0.1) is 0 Å². The molecule has 0 saturated heterocycles. The Bertz CT molecular complexity index is 161. The van der Waals surface area contributed by atoms with Crippen LogP contribution in [0.2, 0.25) is 0 Å². The lowest BCUT2D eigenvalue weighted by atomic mass is 10.4. The van der Waals surface area contributed by atoms with Gasteiger partial charge in [-0.15, -0.1) is 6.58 Å². The maximum Gasteiger partial charge on any atom is 0.234 e. The molecular weight excluding hydrogens is 172 g/mol. The van der Waals surface area contributed by atoms with Gasteiger partial charge in [0.1, 0.15) is 0 Å². The summed E-state index contributed by atoms with van der Waals surface area (Å²) in [6, 6.07) is 0. The molecule has 13 heavy (non-hydrogen) atoms. The minimum Gasteiger partial charge on any atom is -0.394 e. The van der Waals surface area contributed by atoms with E-state index in [-0.39, 0.29) is 25.6 Å². The van der Waals surface area contributed by atoms with E-state index in [4.69, 9.17) is 10.2 Å². The number of hydrogen-bond donors (Lipinski definition) is 4. The molecule has 0 aromatic rings. The first-order valence-electron chi connectivity index (χ1n) is 4.08. The van der Waals surface area contributed by atoms with Crippen LogP contribution < -0.4 is 10.6 Å². The van der Waals surface area contributed by atoms with E-state index in [9.17, 15) is 4.79 Å². The van der Waals surface area contributed by atoms with Crippen molar-refractivity contribution in [1.29, 1.82) is 0 Å². The zero-order chi connectivity index (χ0) is 10.1. The van der Waals surface area contributed by atoms with Crippen molar-refractivity contribution >= 4 is 5.91 Å². The number of nitrogens with one attached hydrogen (secondary N) is 2. The minimum absolute atomic E-state index is 0.0745. The lowest BCUT2D eigenvalue weighted by Gasteiger charge is -2.08. The quantitative estimate of drug-likeness (QED) is 0.281. The maximum absolute atomic E-state index is 10.9. The molecule has 0 bridgehead atoms. The van der Waals surface area contributed by atoms with Crippen LogP contribution in [-0.4, -0.2) is 48.5 Å². The highest BCUT2D eigenvalue weighted by molar-refractivity contribution is 5.77. The van der Waals surface area contributed by atoms with Crippen LogP contribution in [0.1, 0.15) is 0 Å². The topological polar surface area (TPSA) is 81.6 Å². The average molecular weight is 188 g/mol. The van der Waals surface area contributed by atoms with Crippen LogP contribution in [0.15, 0.2) is 12.7 Å². The monoisotopic (exact) mass is 188 g/mol. The van der Waals surface area contributed by atoms with E-state index in [1.54, 1.807) is 6.08 Å². The summed E-state index contributed by atoms with van der Waals surface area (Å²) in [5.41, 5.74) is 0. The van der Waals surface area contributed by atoms with Crippen LogP contribution >= 0.6 is 0 Å². The molecule has 5 nitrogen and oxygen atoms in total. The van der Waals surface area contributed by atoms with Crippen LogP contribution in [-0.2, 0) is 4.79 Å². The molecule has 0 fully saturated rings. The van der Waals surface area contributed by atoms with Crippen molar-refractivity contribution in [1.82, 2.24) is 10.6 Å². The Morgan fingerprint density at radius 2 is 2.31 bits per heavy atom. The third-order valence-electron chi connectivity index (χ3n) is 1.32. The fraction of sp³-hybridized carbons (Fsp3) is 0.625. The van der Waals surface area contributed by atoms with Gasteiger partial charge in [0.25, 0.3) is 0 Å². The largest absolute Gasteiger partial charge is 0.394 e. The molecule has 0 aliphatic heterocycles. The molecule has 1 unspecified atom stereocenters. The van der Waals surface area contributed by atoms with Crippen molar-refractivity contribution in [2.24, 2.45) is 0 Å². The Labute approximate surface area is 77.5 Å². The molecule has 0 heterocycles. The van der Waals surface area contributed by atoms with Gasteiger partial charge in [-0.25, -0.2) is 0 Å². The van der Waals surface area contributed by atoms with E-state index >= 15 is 0 Å². The molecule has 0 radical (unpaired) electrons. The van der Waals surface area contributed by atoms with E-state index in [0.717, 1.165) is 0 Å². The fourth-order valence-electron chi connectivity index (χ4n) is 0.646. The van der Waals surface area contributed by atoms with Crippen LogP contribution in [0.4, 0.5) is 0 Å². The lowest BCUT2D eigenvalue weighted by molar-refractivity contribution is -0.120. The third-order valence-corrected chi connectivity index (χ3v) is 1.32. The highest BCUT2D eigenvalue weighted by Crippen LogP contribution is 1.76. The minimum atomic E-state index is -0.886. The molecule has 0 spiro atoms. The van der Waals surface area contributed by atoms with Crippen molar-refractivity contribution in [2.75, 3.05) is 26.2 Å².